The van der Waals surface area contributed by atoms with Crippen LogP contribution in [0.25, 0.3) is 0 Å². The van der Waals surface area contributed by atoms with E-state index >= 15 is 0 Å². The van der Waals surface area contributed by atoms with Gasteiger partial charge in [-0.15, -0.1) is 11.3 Å². The first-order valence-electron chi connectivity index (χ1n) is 4.45. The van der Waals surface area contributed by atoms with Gasteiger partial charge in [0.05, 0.1) is 5.56 Å². The van der Waals surface area contributed by atoms with Crippen LogP contribution in [0.5, 0.6) is 0 Å². The van der Waals surface area contributed by atoms with Gasteiger partial charge in [-0.25, -0.2) is 4.79 Å². The molecule has 0 aromatic carbocycles. The van der Waals surface area contributed by atoms with Crippen molar-refractivity contribution in [1.29, 1.82) is 0 Å². The van der Waals surface area contributed by atoms with Gasteiger partial charge in [0.15, 0.2) is 0 Å². The molecular weight excluding hydrogens is 214 g/mol. The van der Waals surface area contributed by atoms with E-state index in [4.69, 9.17) is 5.73 Å². The van der Waals surface area contributed by atoms with Gasteiger partial charge in [0.1, 0.15) is 5.00 Å². The molecule has 1 heterocycles. The predicted octanol–water partition coefficient (Wildman–Crippen LogP) is 1.33. The number of primary amides is 1. The van der Waals surface area contributed by atoms with Crippen LogP contribution >= 0.6 is 11.3 Å². The van der Waals surface area contributed by atoms with Crippen LogP contribution in [0, 0.1) is 0 Å². The molecular formula is C9H13N3O2S. The van der Waals surface area contributed by atoms with Gasteiger partial charge in [0.25, 0.3) is 5.91 Å². The maximum atomic E-state index is 11.5. The first-order valence-corrected chi connectivity index (χ1v) is 5.33. The van der Waals surface area contributed by atoms with Crippen molar-refractivity contribution in [1.82, 2.24) is 4.90 Å². The summed E-state index contributed by atoms with van der Waals surface area (Å²) in [4.78, 5) is 24.0. The third-order valence-electron chi connectivity index (χ3n) is 1.97. The Bertz CT molecular complexity index is 375. The maximum absolute atomic E-state index is 11.5. The highest BCUT2D eigenvalue weighted by Gasteiger charge is 2.13. The minimum absolute atomic E-state index is 0.248. The highest BCUT2D eigenvalue weighted by Crippen LogP contribution is 2.22. The molecule has 3 N–H and O–H groups in total. The van der Waals surface area contributed by atoms with E-state index in [0.29, 0.717) is 17.1 Å². The number of hydrogen-bond acceptors (Lipinski definition) is 3. The Balaban J connectivity index is 2.76. The van der Waals surface area contributed by atoms with Crippen LogP contribution in [0.2, 0.25) is 0 Å². The van der Waals surface area contributed by atoms with Crippen LogP contribution in [0.1, 0.15) is 17.3 Å². The van der Waals surface area contributed by atoms with Crippen LogP contribution in [-0.4, -0.2) is 30.4 Å². The van der Waals surface area contributed by atoms with Gasteiger partial charge in [0, 0.05) is 13.6 Å². The molecule has 0 fully saturated rings. The van der Waals surface area contributed by atoms with Gasteiger partial charge in [-0.1, -0.05) is 0 Å². The van der Waals surface area contributed by atoms with E-state index in [1.54, 1.807) is 18.5 Å². The normalized spacial score (nSPS) is 9.73. The van der Waals surface area contributed by atoms with E-state index in [1.165, 1.54) is 16.2 Å². The average Bonchev–Trinajstić information content (AvgIpc) is 2.64. The Morgan fingerprint density at radius 3 is 2.80 bits per heavy atom. The summed E-state index contributed by atoms with van der Waals surface area (Å²) in [6, 6.07) is 1.34. The predicted molar refractivity (Wildman–Crippen MR) is 60.2 cm³/mol. The van der Waals surface area contributed by atoms with E-state index in [2.05, 4.69) is 5.32 Å². The molecule has 1 aromatic rings. The summed E-state index contributed by atoms with van der Waals surface area (Å²) in [5.41, 5.74) is 5.49. The summed E-state index contributed by atoms with van der Waals surface area (Å²) in [6.07, 6.45) is 0. The number of rotatable bonds is 3. The molecule has 0 atom stereocenters. The number of nitrogens with two attached hydrogens (primary N) is 1. The molecule has 0 aliphatic heterocycles. The number of thiophene rings is 1. The van der Waals surface area contributed by atoms with Gasteiger partial charge in [-0.3, -0.25) is 10.1 Å². The van der Waals surface area contributed by atoms with E-state index in [9.17, 15) is 9.59 Å². The van der Waals surface area contributed by atoms with Crippen molar-refractivity contribution in [2.75, 3.05) is 18.9 Å². The standard InChI is InChI=1S/C9H13N3O2S/c1-3-12(2)9(14)11-8-6(7(10)13)4-5-15-8/h4-5H,3H2,1-2H3,(H2,10,13)(H,11,14). The lowest BCUT2D eigenvalue weighted by atomic mass is 10.3. The second kappa shape index (κ2) is 4.79. The molecule has 0 bridgehead atoms. The minimum Gasteiger partial charge on any atom is -0.366 e. The van der Waals surface area contributed by atoms with Crippen molar-refractivity contribution in [2.45, 2.75) is 6.92 Å². The Morgan fingerprint density at radius 2 is 2.27 bits per heavy atom. The highest BCUT2D eigenvalue weighted by molar-refractivity contribution is 7.14. The maximum Gasteiger partial charge on any atom is 0.322 e. The molecule has 0 spiro atoms. The summed E-state index contributed by atoms with van der Waals surface area (Å²) >= 11 is 1.27. The second-order valence-corrected chi connectivity index (χ2v) is 3.89. The monoisotopic (exact) mass is 227 g/mol. The van der Waals surface area contributed by atoms with Crippen molar-refractivity contribution in [3.05, 3.63) is 17.0 Å². The van der Waals surface area contributed by atoms with E-state index < -0.39 is 5.91 Å². The van der Waals surface area contributed by atoms with Gasteiger partial charge in [0.2, 0.25) is 0 Å². The first-order chi connectivity index (χ1) is 7.06. The molecule has 82 valence electrons. The first kappa shape index (κ1) is 11.5. The highest BCUT2D eigenvalue weighted by atomic mass is 32.1. The summed E-state index contributed by atoms with van der Waals surface area (Å²) in [6.45, 7) is 2.46. The quantitative estimate of drug-likeness (QED) is 0.817. The molecule has 1 aromatic heterocycles. The molecule has 3 amide bonds. The summed E-state index contributed by atoms with van der Waals surface area (Å²) < 4.78 is 0. The van der Waals surface area contributed by atoms with Crippen molar-refractivity contribution in [3.63, 3.8) is 0 Å². The Labute approximate surface area is 91.9 Å². The minimum atomic E-state index is -0.536. The lowest BCUT2D eigenvalue weighted by Gasteiger charge is -2.14. The molecule has 0 saturated carbocycles. The third-order valence-corrected chi connectivity index (χ3v) is 2.80. The molecule has 15 heavy (non-hydrogen) atoms. The van der Waals surface area contributed by atoms with Crippen LogP contribution in [0.4, 0.5) is 9.80 Å². The number of urea groups is 1. The van der Waals surface area contributed by atoms with Crippen LogP contribution in [0.3, 0.4) is 0 Å². The molecule has 0 radical (unpaired) electrons. The van der Waals surface area contributed by atoms with Crippen molar-refractivity contribution in [3.8, 4) is 0 Å². The van der Waals surface area contributed by atoms with E-state index in [-0.39, 0.29) is 6.03 Å². The molecule has 0 aliphatic carbocycles. The van der Waals surface area contributed by atoms with Crippen molar-refractivity contribution < 1.29 is 9.59 Å². The summed E-state index contributed by atoms with van der Waals surface area (Å²) in [5.74, 6) is -0.536. The fraction of sp³-hybridized carbons (Fsp3) is 0.333. The van der Waals surface area contributed by atoms with Crippen molar-refractivity contribution in [2.24, 2.45) is 5.73 Å². The summed E-state index contributed by atoms with van der Waals surface area (Å²) in [5, 5.41) is 4.83. The molecule has 6 heteroatoms. The zero-order chi connectivity index (χ0) is 11.4. The van der Waals surface area contributed by atoms with E-state index in [1.807, 2.05) is 6.92 Å². The van der Waals surface area contributed by atoms with Crippen molar-refractivity contribution >= 4 is 28.3 Å². The smallest absolute Gasteiger partial charge is 0.322 e. The molecule has 5 nitrogen and oxygen atoms in total. The lowest BCUT2D eigenvalue weighted by molar-refractivity contribution is 0.100. The molecule has 0 aliphatic rings. The number of carbonyl (C=O) groups is 2. The third kappa shape index (κ3) is 2.69. The Morgan fingerprint density at radius 1 is 1.60 bits per heavy atom. The Hall–Kier alpha value is -1.56. The lowest BCUT2D eigenvalue weighted by Crippen LogP contribution is -2.31. The second-order valence-electron chi connectivity index (χ2n) is 2.97. The number of nitrogens with zero attached hydrogens (tertiary/aromatic N) is 1. The van der Waals surface area contributed by atoms with Gasteiger partial charge < -0.3 is 10.6 Å². The molecule has 0 unspecified atom stereocenters. The number of nitrogens with one attached hydrogen (secondary N) is 1. The van der Waals surface area contributed by atoms with Crippen LogP contribution < -0.4 is 11.1 Å². The molecule has 1 rings (SSSR count). The average molecular weight is 227 g/mol. The van der Waals surface area contributed by atoms with Gasteiger partial charge in [-0.05, 0) is 18.4 Å². The van der Waals surface area contributed by atoms with E-state index in [0.717, 1.165) is 0 Å². The summed E-state index contributed by atoms with van der Waals surface area (Å²) in [7, 11) is 1.67. The fourth-order valence-corrected chi connectivity index (χ4v) is 1.72. The number of carbonyl (C=O) groups excluding carboxylic acids is 2. The zero-order valence-electron chi connectivity index (χ0n) is 8.61. The van der Waals surface area contributed by atoms with Gasteiger partial charge >= 0.3 is 6.03 Å². The SMILES string of the molecule is CCN(C)C(=O)Nc1sccc1C(N)=O. The van der Waals surface area contributed by atoms with Crippen LogP contribution in [0.15, 0.2) is 11.4 Å². The van der Waals surface area contributed by atoms with Crippen LogP contribution in [-0.2, 0) is 0 Å². The zero-order valence-corrected chi connectivity index (χ0v) is 9.43. The fourth-order valence-electron chi connectivity index (χ4n) is 0.936. The number of amides is 3. The number of anilines is 1. The van der Waals surface area contributed by atoms with Gasteiger partial charge in [-0.2, -0.15) is 0 Å². The Kier molecular flexibility index (Phi) is 3.68. The number of hydrogen-bond donors (Lipinski definition) is 2. The largest absolute Gasteiger partial charge is 0.366 e. The molecule has 0 saturated heterocycles. The topological polar surface area (TPSA) is 75.4 Å².